The van der Waals surface area contributed by atoms with Crippen molar-refractivity contribution in [2.75, 3.05) is 11.0 Å². The smallest absolute Gasteiger partial charge is 0.0121 e. The Morgan fingerprint density at radius 1 is 1.56 bits per heavy atom. The quantitative estimate of drug-likeness (QED) is 0.574. The van der Waals surface area contributed by atoms with Crippen molar-refractivity contribution >= 4 is 22.6 Å². The topological polar surface area (TPSA) is 12.0 Å². The molecule has 0 rings (SSSR count). The highest BCUT2D eigenvalue weighted by Gasteiger charge is 1.95. The molecule has 1 atom stereocenters. The van der Waals surface area contributed by atoms with Gasteiger partial charge in [-0.25, -0.2) is 0 Å². The minimum Gasteiger partial charge on any atom is -0.313 e. The van der Waals surface area contributed by atoms with E-state index in [9.17, 15) is 0 Å². The molecule has 0 radical (unpaired) electrons. The summed E-state index contributed by atoms with van der Waals surface area (Å²) in [6.45, 7) is 5.62. The number of rotatable bonds is 5. The van der Waals surface area contributed by atoms with Gasteiger partial charge in [-0.2, -0.15) is 0 Å². The predicted octanol–water partition coefficient (Wildman–Crippen LogP) is 2.20. The van der Waals surface area contributed by atoms with Gasteiger partial charge in [-0.15, -0.1) is 0 Å². The summed E-state index contributed by atoms with van der Waals surface area (Å²) in [6.07, 6.45) is 2.59. The molecule has 0 aliphatic rings. The van der Waals surface area contributed by atoms with E-state index in [-0.39, 0.29) is 0 Å². The fourth-order valence-corrected chi connectivity index (χ4v) is 1.15. The summed E-state index contributed by atoms with van der Waals surface area (Å²) in [5.74, 6) is 0. The van der Waals surface area contributed by atoms with E-state index in [0.717, 1.165) is 6.54 Å². The van der Waals surface area contributed by atoms with E-state index in [1.807, 2.05) is 0 Å². The normalized spacial score (nSPS) is 13.7. The van der Waals surface area contributed by atoms with Gasteiger partial charge in [0.1, 0.15) is 0 Å². The Balaban J connectivity index is 2.95. The Kier molecular flexibility index (Phi) is 7.33. The second-order valence-corrected chi connectivity index (χ2v) is 3.41. The van der Waals surface area contributed by atoms with Gasteiger partial charge >= 0.3 is 0 Å². The van der Waals surface area contributed by atoms with Gasteiger partial charge < -0.3 is 5.32 Å². The minimum absolute atomic E-state index is 0.713. The Bertz CT molecular complexity index is 56.9. The molecule has 1 nitrogen and oxygen atoms in total. The fraction of sp³-hybridized carbons (Fsp3) is 1.00. The van der Waals surface area contributed by atoms with E-state index in [1.165, 1.54) is 17.3 Å². The zero-order valence-corrected chi connectivity index (χ0v) is 8.44. The lowest BCUT2D eigenvalue weighted by Gasteiger charge is -2.10. The van der Waals surface area contributed by atoms with E-state index in [4.69, 9.17) is 0 Å². The summed E-state index contributed by atoms with van der Waals surface area (Å²) in [5.41, 5.74) is 0. The monoisotopic (exact) mass is 241 g/mol. The molecule has 9 heavy (non-hydrogen) atoms. The standard InChI is InChI=1S/C7H16IN/c1-3-4-7(2)9-6-5-8/h7,9H,3-6H2,1-2H3. The predicted molar refractivity (Wildman–Crippen MR) is 51.3 cm³/mol. The number of nitrogens with one attached hydrogen (secondary N) is 1. The van der Waals surface area contributed by atoms with Gasteiger partial charge in [0.25, 0.3) is 0 Å². The third kappa shape index (κ3) is 6.58. The summed E-state index contributed by atoms with van der Waals surface area (Å²) in [4.78, 5) is 0. The highest BCUT2D eigenvalue weighted by atomic mass is 127. The molecule has 2 heteroatoms. The lowest BCUT2D eigenvalue weighted by atomic mass is 10.2. The molecule has 0 aliphatic carbocycles. The summed E-state index contributed by atoms with van der Waals surface area (Å²) in [5, 5.41) is 3.43. The molecule has 0 aromatic carbocycles. The van der Waals surface area contributed by atoms with Crippen LogP contribution in [0.2, 0.25) is 0 Å². The molecule has 1 unspecified atom stereocenters. The molecule has 0 saturated carbocycles. The van der Waals surface area contributed by atoms with Crippen molar-refractivity contribution in [1.29, 1.82) is 0 Å². The maximum Gasteiger partial charge on any atom is 0.0121 e. The molecule has 0 spiro atoms. The second kappa shape index (κ2) is 6.81. The van der Waals surface area contributed by atoms with Crippen LogP contribution in [-0.2, 0) is 0 Å². The first-order chi connectivity index (χ1) is 4.31. The van der Waals surface area contributed by atoms with Gasteiger partial charge in [0.15, 0.2) is 0 Å². The Morgan fingerprint density at radius 2 is 2.22 bits per heavy atom. The first-order valence-corrected chi connectivity index (χ1v) is 5.13. The summed E-state index contributed by atoms with van der Waals surface area (Å²) >= 11 is 2.39. The van der Waals surface area contributed by atoms with E-state index in [2.05, 4.69) is 41.8 Å². The van der Waals surface area contributed by atoms with Crippen LogP contribution in [0.4, 0.5) is 0 Å². The van der Waals surface area contributed by atoms with Crippen molar-refractivity contribution in [1.82, 2.24) is 5.32 Å². The number of alkyl halides is 1. The molecular formula is C7H16IN. The lowest BCUT2D eigenvalue weighted by Crippen LogP contribution is -2.27. The SMILES string of the molecule is CCCC(C)NCCI. The van der Waals surface area contributed by atoms with Crippen molar-refractivity contribution in [2.24, 2.45) is 0 Å². The molecule has 56 valence electrons. The zero-order valence-electron chi connectivity index (χ0n) is 6.28. The fourth-order valence-electron chi connectivity index (χ4n) is 0.836. The van der Waals surface area contributed by atoms with E-state index < -0.39 is 0 Å². The number of hydrogen-bond donors (Lipinski definition) is 1. The van der Waals surface area contributed by atoms with Crippen molar-refractivity contribution in [3.63, 3.8) is 0 Å². The largest absolute Gasteiger partial charge is 0.313 e. The van der Waals surface area contributed by atoms with Crippen LogP contribution in [0.25, 0.3) is 0 Å². The third-order valence-corrected chi connectivity index (χ3v) is 1.85. The maximum atomic E-state index is 3.43. The van der Waals surface area contributed by atoms with Crippen molar-refractivity contribution in [2.45, 2.75) is 32.7 Å². The average molecular weight is 241 g/mol. The van der Waals surface area contributed by atoms with Crippen LogP contribution in [0.5, 0.6) is 0 Å². The minimum atomic E-state index is 0.713. The first-order valence-electron chi connectivity index (χ1n) is 3.60. The molecule has 0 aliphatic heterocycles. The first kappa shape index (κ1) is 9.69. The molecule has 0 amide bonds. The van der Waals surface area contributed by atoms with Crippen LogP contribution in [0.3, 0.4) is 0 Å². The highest BCUT2D eigenvalue weighted by molar-refractivity contribution is 14.1. The zero-order chi connectivity index (χ0) is 7.11. The molecule has 1 N–H and O–H groups in total. The van der Waals surface area contributed by atoms with Crippen LogP contribution >= 0.6 is 22.6 Å². The average Bonchev–Trinajstić information content (AvgIpc) is 1.85. The van der Waals surface area contributed by atoms with Gasteiger partial charge in [-0.3, -0.25) is 0 Å². The summed E-state index contributed by atoms with van der Waals surface area (Å²) < 4.78 is 1.21. The molecule has 0 heterocycles. The molecule has 0 aromatic rings. The Hall–Kier alpha value is 0.690. The molecule has 0 bridgehead atoms. The van der Waals surface area contributed by atoms with Crippen LogP contribution in [-0.4, -0.2) is 17.0 Å². The highest BCUT2D eigenvalue weighted by Crippen LogP contribution is 1.93. The molecule has 0 saturated heterocycles. The lowest BCUT2D eigenvalue weighted by molar-refractivity contribution is 0.528. The van der Waals surface area contributed by atoms with Crippen molar-refractivity contribution < 1.29 is 0 Å². The van der Waals surface area contributed by atoms with Crippen LogP contribution in [0.1, 0.15) is 26.7 Å². The van der Waals surface area contributed by atoms with Gasteiger partial charge in [-0.05, 0) is 13.3 Å². The van der Waals surface area contributed by atoms with Gasteiger partial charge in [0.05, 0.1) is 0 Å². The second-order valence-electron chi connectivity index (χ2n) is 2.33. The van der Waals surface area contributed by atoms with Crippen LogP contribution in [0, 0.1) is 0 Å². The van der Waals surface area contributed by atoms with Crippen molar-refractivity contribution in [3.05, 3.63) is 0 Å². The molecular weight excluding hydrogens is 225 g/mol. The summed E-state index contributed by atoms with van der Waals surface area (Å²) in [6, 6.07) is 0.713. The van der Waals surface area contributed by atoms with E-state index in [1.54, 1.807) is 0 Å². The van der Waals surface area contributed by atoms with Crippen LogP contribution < -0.4 is 5.32 Å². The summed E-state index contributed by atoms with van der Waals surface area (Å²) in [7, 11) is 0. The Labute approximate surface area is 71.7 Å². The number of hydrogen-bond acceptors (Lipinski definition) is 1. The van der Waals surface area contributed by atoms with Crippen LogP contribution in [0.15, 0.2) is 0 Å². The third-order valence-electron chi connectivity index (χ3n) is 1.31. The van der Waals surface area contributed by atoms with Crippen molar-refractivity contribution in [3.8, 4) is 0 Å². The maximum absolute atomic E-state index is 3.43. The number of halogens is 1. The van der Waals surface area contributed by atoms with E-state index in [0.29, 0.717) is 6.04 Å². The van der Waals surface area contributed by atoms with Gasteiger partial charge in [0, 0.05) is 17.0 Å². The van der Waals surface area contributed by atoms with E-state index >= 15 is 0 Å². The van der Waals surface area contributed by atoms with Gasteiger partial charge in [0.2, 0.25) is 0 Å². The molecule has 0 aromatic heterocycles. The van der Waals surface area contributed by atoms with Gasteiger partial charge in [-0.1, -0.05) is 35.9 Å². The Morgan fingerprint density at radius 3 is 2.67 bits per heavy atom. The molecule has 0 fully saturated rings.